The van der Waals surface area contributed by atoms with Gasteiger partial charge in [0, 0.05) is 38.6 Å². The van der Waals surface area contributed by atoms with Crippen LogP contribution >= 0.6 is 0 Å². The van der Waals surface area contributed by atoms with Gasteiger partial charge in [0.1, 0.15) is 0 Å². The van der Waals surface area contributed by atoms with Crippen molar-refractivity contribution >= 4 is 28.4 Å². The van der Waals surface area contributed by atoms with Crippen molar-refractivity contribution in [3.63, 3.8) is 0 Å². The lowest BCUT2D eigenvalue weighted by atomic mass is 10.1. The van der Waals surface area contributed by atoms with E-state index in [1.165, 1.54) is 0 Å². The van der Waals surface area contributed by atoms with Crippen molar-refractivity contribution in [1.82, 2.24) is 29.8 Å². The van der Waals surface area contributed by atoms with Gasteiger partial charge >= 0.3 is 0 Å². The SMILES string of the molecule is Cc1nn(C)c(C)c1NC(=O)C(C)N1CCN(C(=O)c2n[nH]c3ccccc23)CC1. The molecule has 1 fully saturated rings. The summed E-state index contributed by atoms with van der Waals surface area (Å²) < 4.78 is 1.76. The van der Waals surface area contributed by atoms with E-state index < -0.39 is 0 Å². The van der Waals surface area contributed by atoms with Gasteiger partial charge in [0.2, 0.25) is 5.91 Å². The minimum atomic E-state index is -0.299. The molecule has 0 aliphatic carbocycles. The molecule has 1 aromatic carbocycles. The third-order valence-corrected chi connectivity index (χ3v) is 5.96. The van der Waals surface area contributed by atoms with Crippen molar-refractivity contribution in [3.05, 3.63) is 41.3 Å². The average Bonchev–Trinajstić information content (AvgIpc) is 3.29. The molecule has 4 rings (SSSR count). The van der Waals surface area contributed by atoms with Crippen LogP contribution in [0.1, 0.15) is 28.8 Å². The zero-order chi connectivity index (χ0) is 21.4. The normalized spacial score (nSPS) is 16.1. The van der Waals surface area contributed by atoms with Crippen LogP contribution in [0, 0.1) is 13.8 Å². The minimum Gasteiger partial charge on any atom is -0.335 e. The summed E-state index contributed by atoms with van der Waals surface area (Å²) in [5, 5.41) is 15.3. The van der Waals surface area contributed by atoms with Crippen LogP contribution in [0.3, 0.4) is 0 Å². The molecule has 1 atom stereocenters. The molecule has 3 heterocycles. The molecule has 1 aliphatic rings. The van der Waals surface area contributed by atoms with Gasteiger partial charge in [-0.3, -0.25) is 24.3 Å². The molecule has 1 unspecified atom stereocenters. The van der Waals surface area contributed by atoms with E-state index in [2.05, 4.69) is 25.5 Å². The van der Waals surface area contributed by atoms with Crippen molar-refractivity contribution in [1.29, 1.82) is 0 Å². The lowest BCUT2D eigenvalue weighted by Gasteiger charge is -2.37. The quantitative estimate of drug-likeness (QED) is 0.683. The van der Waals surface area contributed by atoms with E-state index in [-0.39, 0.29) is 17.9 Å². The van der Waals surface area contributed by atoms with E-state index >= 15 is 0 Å². The maximum atomic E-state index is 12.9. The Morgan fingerprint density at radius 1 is 1.13 bits per heavy atom. The molecule has 2 amide bonds. The Balaban J connectivity index is 1.38. The molecule has 3 aromatic rings. The number of rotatable bonds is 4. The molecule has 1 aliphatic heterocycles. The van der Waals surface area contributed by atoms with Gasteiger partial charge in [-0.05, 0) is 26.8 Å². The zero-order valence-corrected chi connectivity index (χ0v) is 17.8. The van der Waals surface area contributed by atoms with Crippen LogP contribution in [0.4, 0.5) is 5.69 Å². The fraction of sp³-hybridized carbons (Fsp3) is 0.429. The molecule has 0 spiro atoms. The van der Waals surface area contributed by atoms with Gasteiger partial charge in [-0.2, -0.15) is 10.2 Å². The number of aromatic nitrogens is 4. The highest BCUT2D eigenvalue weighted by molar-refractivity contribution is 6.04. The Hall–Kier alpha value is -3.20. The topological polar surface area (TPSA) is 99.2 Å². The number of aryl methyl sites for hydroxylation is 2. The van der Waals surface area contributed by atoms with E-state index in [1.54, 1.807) is 9.58 Å². The van der Waals surface area contributed by atoms with Crippen molar-refractivity contribution in [3.8, 4) is 0 Å². The molecule has 158 valence electrons. The molecule has 0 radical (unpaired) electrons. The van der Waals surface area contributed by atoms with Crippen LogP contribution in [-0.2, 0) is 11.8 Å². The first kappa shape index (κ1) is 20.1. The number of anilines is 1. The number of carbonyl (C=O) groups is 2. The predicted octanol–water partition coefficient (Wildman–Crippen LogP) is 1.70. The second-order valence-corrected chi connectivity index (χ2v) is 7.78. The number of H-pyrrole nitrogens is 1. The van der Waals surface area contributed by atoms with Gasteiger partial charge in [0.25, 0.3) is 5.91 Å². The molecule has 2 aromatic heterocycles. The molecule has 9 nitrogen and oxygen atoms in total. The van der Waals surface area contributed by atoms with Gasteiger partial charge in [0.15, 0.2) is 5.69 Å². The maximum Gasteiger partial charge on any atom is 0.275 e. The van der Waals surface area contributed by atoms with Crippen LogP contribution in [0.5, 0.6) is 0 Å². The zero-order valence-electron chi connectivity index (χ0n) is 17.8. The van der Waals surface area contributed by atoms with E-state index in [4.69, 9.17) is 0 Å². The Bertz CT molecular complexity index is 1090. The molecule has 1 saturated heterocycles. The summed E-state index contributed by atoms with van der Waals surface area (Å²) >= 11 is 0. The number of nitrogens with one attached hydrogen (secondary N) is 2. The molecule has 2 N–H and O–H groups in total. The number of nitrogens with zero attached hydrogens (tertiary/aromatic N) is 5. The highest BCUT2D eigenvalue weighted by Crippen LogP contribution is 2.20. The summed E-state index contributed by atoms with van der Waals surface area (Å²) in [5.41, 5.74) is 3.80. The Kier molecular flexibility index (Phi) is 5.29. The number of fused-ring (bicyclic) bond motifs is 1. The fourth-order valence-corrected chi connectivity index (χ4v) is 3.94. The standard InChI is InChI=1S/C21H27N7O2/c1-13-18(14(2)26(4)25-13)22-20(29)15(3)27-9-11-28(12-10-27)21(30)19-16-7-5-6-8-17(16)23-24-19/h5-8,15H,9-12H2,1-4H3,(H,22,29)(H,23,24). The van der Waals surface area contributed by atoms with Crippen LogP contribution in [0.25, 0.3) is 10.9 Å². The summed E-state index contributed by atoms with van der Waals surface area (Å²) in [4.78, 5) is 29.6. The number of piperazine rings is 1. The van der Waals surface area contributed by atoms with Crippen molar-refractivity contribution in [2.45, 2.75) is 26.8 Å². The second kappa shape index (κ2) is 7.91. The maximum absolute atomic E-state index is 12.9. The van der Waals surface area contributed by atoms with E-state index in [0.29, 0.717) is 31.9 Å². The van der Waals surface area contributed by atoms with Crippen molar-refractivity contribution in [2.75, 3.05) is 31.5 Å². The number of hydrogen-bond acceptors (Lipinski definition) is 5. The van der Waals surface area contributed by atoms with Gasteiger partial charge in [-0.1, -0.05) is 18.2 Å². The van der Waals surface area contributed by atoms with Crippen molar-refractivity contribution < 1.29 is 9.59 Å². The molecule has 30 heavy (non-hydrogen) atoms. The highest BCUT2D eigenvalue weighted by Gasteiger charge is 2.30. The van der Waals surface area contributed by atoms with Crippen LogP contribution < -0.4 is 5.32 Å². The van der Waals surface area contributed by atoms with Gasteiger partial charge < -0.3 is 10.2 Å². The molecule has 0 saturated carbocycles. The number of benzene rings is 1. The Morgan fingerprint density at radius 2 is 1.83 bits per heavy atom. The number of para-hydroxylation sites is 1. The largest absolute Gasteiger partial charge is 0.335 e. The summed E-state index contributed by atoms with van der Waals surface area (Å²) in [6, 6.07) is 7.32. The Morgan fingerprint density at radius 3 is 2.50 bits per heavy atom. The number of hydrogen-bond donors (Lipinski definition) is 2. The summed E-state index contributed by atoms with van der Waals surface area (Å²) in [5.74, 6) is -0.141. The molecule has 9 heteroatoms. The molecule has 0 bridgehead atoms. The molecular weight excluding hydrogens is 382 g/mol. The summed E-state index contributed by atoms with van der Waals surface area (Å²) in [7, 11) is 1.86. The monoisotopic (exact) mass is 409 g/mol. The first-order chi connectivity index (χ1) is 14.4. The van der Waals surface area contributed by atoms with E-state index in [9.17, 15) is 9.59 Å². The van der Waals surface area contributed by atoms with Crippen LogP contribution in [0.2, 0.25) is 0 Å². The lowest BCUT2D eigenvalue weighted by molar-refractivity contribution is -0.121. The van der Waals surface area contributed by atoms with Gasteiger partial charge in [-0.25, -0.2) is 0 Å². The van der Waals surface area contributed by atoms with Crippen LogP contribution in [0.15, 0.2) is 24.3 Å². The minimum absolute atomic E-state index is 0.0627. The highest BCUT2D eigenvalue weighted by atomic mass is 16.2. The second-order valence-electron chi connectivity index (χ2n) is 7.78. The van der Waals surface area contributed by atoms with E-state index in [0.717, 1.165) is 28.0 Å². The number of amides is 2. The number of aromatic amines is 1. The molecular formula is C21H27N7O2. The van der Waals surface area contributed by atoms with Crippen molar-refractivity contribution in [2.24, 2.45) is 7.05 Å². The van der Waals surface area contributed by atoms with E-state index in [1.807, 2.05) is 52.1 Å². The Labute approximate surface area is 175 Å². The summed E-state index contributed by atoms with van der Waals surface area (Å²) in [6.45, 7) is 8.10. The average molecular weight is 409 g/mol. The fourth-order valence-electron chi connectivity index (χ4n) is 3.94. The third-order valence-electron chi connectivity index (χ3n) is 5.96. The smallest absolute Gasteiger partial charge is 0.275 e. The predicted molar refractivity (Wildman–Crippen MR) is 114 cm³/mol. The number of carbonyl (C=O) groups excluding carboxylic acids is 2. The first-order valence-electron chi connectivity index (χ1n) is 10.1. The van der Waals surface area contributed by atoms with Gasteiger partial charge in [-0.15, -0.1) is 0 Å². The summed E-state index contributed by atoms with van der Waals surface area (Å²) in [6.07, 6.45) is 0. The first-order valence-corrected chi connectivity index (χ1v) is 10.1. The van der Waals surface area contributed by atoms with Crippen LogP contribution in [-0.4, -0.2) is 73.8 Å². The van der Waals surface area contributed by atoms with Gasteiger partial charge in [0.05, 0.1) is 28.6 Å². The third kappa shape index (κ3) is 3.56. The lowest BCUT2D eigenvalue weighted by Crippen LogP contribution is -2.54.